The normalized spacial score (nSPS) is 21.3. The highest BCUT2D eigenvalue weighted by Crippen LogP contribution is 2.33. The third kappa shape index (κ3) is 1.34. The second-order valence-corrected chi connectivity index (χ2v) is 3.75. The van der Waals surface area contributed by atoms with E-state index in [1.54, 1.807) is 0 Å². The van der Waals surface area contributed by atoms with Crippen molar-refractivity contribution in [2.24, 2.45) is 0 Å². The van der Waals surface area contributed by atoms with Crippen LogP contribution < -0.4 is 4.74 Å². The highest BCUT2D eigenvalue weighted by Gasteiger charge is 2.18. The van der Waals surface area contributed by atoms with Crippen molar-refractivity contribution in [3.05, 3.63) is 28.2 Å². The molecule has 0 saturated carbocycles. The molecule has 1 aliphatic heterocycles. The van der Waals surface area contributed by atoms with E-state index in [-0.39, 0.29) is 6.10 Å². The molecule has 1 heterocycles. The van der Waals surface area contributed by atoms with Gasteiger partial charge in [-0.2, -0.15) is 0 Å². The molecule has 1 aromatic rings. The van der Waals surface area contributed by atoms with Gasteiger partial charge in [-0.15, -0.1) is 0 Å². The zero-order valence-corrected chi connectivity index (χ0v) is 8.04. The molecule has 12 heavy (non-hydrogen) atoms. The lowest BCUT2D eigenvalue weighted by atomic mass is 10.0. The highest BCUT2D eigenvalue weighted by atomic mass is 79.9. The maximum Gasteiger partial charge on any atom is 0.125 e. The first-order chi connectivity index (χ1) is 5.77. The van der Waals surface area contributed by atoms with Crippen LogP contribution in [0.1, 0.15) is 18.1 Å². The number of ether oxygens (including phenoxy) is 1. The molecule has 2 nitrogen and oxygen atoms in total. The molecular formula is C9H9BrO2. The van der Waals surface area contributed by atoms with Crippen molar-refractivity contribution in [2.45, 2.75) is 12.5 Å². The molecule has 1 N–H and O–H groups in total. The maximum atomic E-state index is 9.58. The van der Waals surface area contributed by atoms with Crippen LogP contribution in [0.3, 0.4) is 0 Å². The van der Waals surface area contributed by atoms with E-state index in [0.29, 0.717) is 13.0 Å². The molecule has 2 rings (SSSR count). The minimum Gasteiger partial charge on any atom is -0.493 e. The Kier molecular flexibility index (Phi) is 2.07. The molecule has 64 valence electrons. The van der Waals surface area contributed by atoms with Gasteiger partial charge in [0.2, 0.25) is 0 Å². The number of fused-ring (bicyclic) bond motifs is 1. The minimum atomic E-state index is -0.369. The lowest BCUT2D eigenvalue weighted by Crippen LogP contribution is -2.13. The fraction of sp³-hybridized carbons (Fsp3) is 0.333. The summed E-state index contributed by atoms with van der Waals surface area (Å²) >= 11 is 3.35. The first-order valence-electron chi connectivity index (χ1n) is 3.87. The summed E-state index contributed by atoms with van der Waals surface area (Å²) in [5, 5.41) is 9.58. The lowest BCUT2D eigenvalue weighted by Gasteiger charge is -2.21. The van der Waals surface area contributed by atoms with E-state index in [2.05, 4.69) is 15.9 Å². The van der Waals surface area contributed by atoms with Gasteiger partial charge in [0.1, 0.15) is 5.75 Å². The maximum absolute atomic E-state index is 9.58. The predicted molar refractivity (Wildman–Crippen MR) is 49.2 cm³/mol. The fourth-order valence-electron chi connectivity index (χ4n) is 1.35. The highest BCUT2D eigenvalue weighted by molar-refractivity contribution is 9.10. The van der Waals surface area contributed by atoms with Gasteiger partial charge in [-0.05, 0) is 18.2 Å². The van der Waals surface area contributed by atoms with Crippen molar-refractivity contribution in [1.82, 2.24) is 0 Å². The molecule has 0 unspecified atom stereocenters. The molecule has 0 amide bonds. The van der Waals surface area contributed by atoms with Crippen molar-refractivity contribution in [2.75, 3.05) is 6.61 Å². The van der Waals surface area contributed by atoms with Crippen LogP contribution in [0, 0.1) is 0 Å². The summed E-state index contributed by atoms with van der Waals surface area (Å²) in [6.45, 7) is 0.607. The summed E-state index contributed by atoms with van der Waals surface area (Å²) in [7, 11) is 0. The number of aliphatic hydroxyl groups excluding tert-OH is 1. The quantitative estimate of drug-likeness (QED) is 0.739. The van der Waals surface area contributed by atoms with Crippen molar-refractivity contribution in [1.29, 1.82) is 0 Å². The largest absolute Gasteiger partial charge is 0.493 e. The van der Waals surface area contributed by atoms with E-state index < -0.39 is 0 Å². The molecule has 0 aliphatic carbocycles. The SMILES string of the molecule is O[C@@H]1CCOc2ccc(Br)cc21. The number of aliphatic hydroxyl groups is 1. The summed E-state index contributed by atoms with van der Waals surface area (Å²) in [6, 6.07) is 5.69. The van der Waals surface area contributed by atoms with Gasteiger partial charge < -0.3 is 9.84 Å². The Labute approximate surface area is 79.3 Å². The van der Waals surface area contributed by atoms with Gasteiger partial charge in [0, 0.05) is 16.5 Å². The molecule has 3 heteroatoms. The number of rotatable bonds is 0. The Balaban J connectivity index is 2.47. The summed E-state index contributed by atoms with van der Waals surface area (Å²) in [5.41, 5.74) is 0.885. The van der Waals surface area contributed by atoms with E-state index in [9.17, 15) is 5.11 Å². The van der Waals surface area contributed by atoms with Crippen LogP contribution in [0.2, 0.25) is 0 Å². The van der Waals surface area contributed by atoms with Crippen LogP contribution in [0.4, 0.5) is 0 Å². The number of hydrogen-bond acceptors (Lipinski definition) is 2. The predicted octanol–water partition coefficient (Wildman–Crippen LogP) is 2.26. The molecule has 1 aromatic carbocycles. The lowest BCUT2D eigenvalue weighted by molar-refractivity contribution is 0.115. The van der Waals surface area contributed by atoms with E-state index in [0.717, 1.165) is 15.8 Å². The average molecular weight is 229 g/mol. The number of benzene rings is 1. The Morgan fingerprint density at radius 3 is 3.17 bits per heavy atom. The van der Waals surface area contributed by atoms with Gasteiger partial charge in [-0.3, -0.25) is 0 Å². The van der Waals surface area contributed by atoms with Gasteiger partial charge in [0.15, 0.2) is 0 Å². The smallest absolute Gasteiger partial charge is 0.125 e. The zero-order chi connectivity index (χ0) is 8.55. The molecule has 1 aliphatic rings. The molecule has 1 atom stereocenters. The van der Waals surface area contributed by atoms with Gasteiger partial charge in [0.25, 0.3) is 0 Å². The van der Waals surface area contributed by atoms with E-state index in [4.69, 9.17) is 4.74 Å². The van der Waals surface area contributed by atoms with Crippen molar-refractivity contribution >= 4 is 15.9 Å². The van der Waals surface area contributed by atoms with Gasteiger partial charge in [-0.25, -0.2) is 0 Å². The summed E-state index contributed by atoms with van der Waals surface area (Å²) in [6.07, 6.45) is 0.315. The fourth-order valence-corrected chi connectivity index (χ4v) is 1.73. The van der Waals surface area contributed by atoms with Crippen LogP contribution >= 0.6 is 15.9 Å². The van der Waals surface area contributed by atoms with Crippen molar-refractivity contribution in [3.8, 4) is 5.75 Å². The molecule has 0 fully saturated rings. The second-order valence-electron chi connectivity index (χ2n) is 2.84. The van der Waals surface area contributed by atoms with Crippen LogP contribution in [-0.2, 0) is 0 Å². The van der Waals surface area contributed by atoms with E-state index >= 15 is 0 Å². The third-order valence-corrected chi connectivity index (χ3v) is 2.47. The summed E-state index contributed by atoms with van der Waals surface area (Å²) in [5.74, 6) is 0.803. The molecule has 0 bridgehead atoms. The standard InChI is InChI=1S/C9H9BrO2/c10-6-1-2-9-7(5-6)8(11)3-4-12-9/h1-2,5,8,11H,3-4H2/t8-/m1/s1. The third-order valence-electron chi connectivity index (χ3n) is 1.98. The van der Waals surface area contributed by atoms with E-state index in [1.807, 2.05) is 18.2 Å². The minimum absolute atomic E-state index is 0.369. The molecule has 0 radical (unpaired) electrons. The van der Waals surface area contributed by atoms with Gasteiger partial charge in [-0.1, -0.05) is 15.9 Å². The Bertz CT molecular complexity index is 299. The Morgan fingerprint density at radius 1 is 1.50 bits per heavy atom. The molecular weight excluding hydrogens is 220 g/mol. The van der Waals surface area contributed by atoms with Gasteiger partial charge >= 0.3 is 0 Å². The van der Waals surface area contributed by atoms with Crippen LogP contribution in [0.25, 0.3) is 0 Å². The van der Waals surface area contributed by atoms with Crippen molar-refractivity contribution < 1.29 is 9.84 Å². The summed E-state index contributed by atoms with van der Waals surface area (Å²) in [4.78, 5) is 0. The Morgan fingerprint density at radius 2 is 2.33 bits per heavy atom. The molecule has 0 aromatic heterocycles. The first-order valence-corrected chi connectivity index (χ1v) is 4.67. The average Bonchev–Trinajstić information content (AvgIpc) is 2.07. The first kappa shape index (κ1) is 8.08. The number of hydrogen-bond donors (Lipinski definition) is 1. The van der Waals surface area contributed by atoms with Gasteiger partial charge in [0.05, 0.1) is 12.7 Å². The zero-order valence-electron chi connectivity index (χ0n) is 6.46. The number of halogens is 1. The molecule has 0 spiro atoms. The molecule has 0 saturated heterocycles. The van der Waals surface area contributed by atoms with Crippen LogP contribution in [0.5, 0.6) is 5.75 Å². The van der Waals surface area contributed by atoms with Crippen LogP contribution in [-0.4, -0.2) is 11.7 Å². The van der Waals surface area contributed by atoms with Crippen LogP contribution in [0.15, 0.2) is 22.7 Å². The van der Waals surface area contributed by atoms with Crippen molar-refractivity contribution in [3.63, 3.8) is 0 Å². The Hall–Kier alpha value is -0.540. The summed E-state index contributed by atoms with van der Waals surface area (Å²) < 4.78 is 6.35. The topological polar surface area (TPSA) is 29.5 Å². The second kappa shape index (κ2) is 3.07. The monoisotopic (exact) mass is 228 g/mol. The van der Waals surface area contributed by atoms with E-state index in [1.165, 1.54) is 0 Å².